The van der Waals surface area contributed by atoms with Crippen LogP contribution >= 0.6 is 34.4 Å². The molecule has 86 valence electrons. The fraction of sp³-hybridized carbons (Fsp3) is 0.417. The molecule has 1 aromatic carbocycles. The number of hydrogen-bond donors (Lipinski definition) is 1. The summed E-state index contributed by atoms with van der Waals surface area (Å²) in [4.78, 5) is 11.4. The van der Waals surface area contributed by atoms with Gasteiger partial charge >= 0.3 is 5.97 Å². The summed E-state index contributed by atoms with van der Waals surface area (Å²) >= 11 is 3.85. The molecule has 0 saturated carbocycles. The maximum absolute atomic E-state index is 11.4. The highest BCUT2D eigenvalue weighted by Gasteiger charge is 2.42. The van der Waals surface area contributed by atoms with Crippen LogP contribution in [0, 0.1) is 3.57 Å². The summed E-state index contributed by atoms with van der Waals surface area (Å²) in [5.74, 6) is 0.310. The molecule has 1 saturated heterocycles. The molecule has 1 N–H and O–H groups in total. The van der Waals surface area contributed by atoms with Crippen molar-refractivity contribution in [3.63, 3.8) is 0 Å². The Labute approximate surface area is 113 Å². The average molecular weight is 348 g/mol. The van der Waals surface area contributed by atoms with E-state index in [2.05, 4.69) is 22.6 Å². The topological polar surface area (TPSA) is 37.3 Å². The van der Waals surface area contributed by atoms with Crippen molar-refractivity contribution in [3.8, 4) is 0 Å². The lowest BCUT2D eigenvalue weighted by Gasteiger charge is -2.22. The van der Waals surface area contributed by atoms with Gasteiger partial charge in [0, 0.05) is 3.57 Å². The Balaban J connectivity index is 2.18. The van der Waals surface area contributed by atoms with Crippen LogP contribution in [0.25, 0.3) is 0 Å². The van der Waals surface area contributed by atoms with E-state index in [1.807, 2.05) is 24.3 Å². The minimum Gasteiger partial charge on any atom is -0.480 e. The molecule has 4 heteroatoms. The predicted molar refractivity (Wildman–Crippen MR) is 74.9 cm³/mol. The molecule has 0 radical (unpaired) electrons. The van der Waals surface area contributed by atoms with Crippen molar-refractivity contribution in [3.05, 3.63) is 33.4 Å². The van der Waals surface area contributed by atoms with Gasteiger partial charge in [-0.1, -0.05) is 12.1 Å². The Morgan fingerprint density at radius 2 is 2.12 bits per heavy atom. The lowest BCUT2D eigenvalue weighted by molar-refractivity contribution is -0.139. The summed E-state index contributed by atoms with van der Waals surface area (Å²) in [6.45, 7) is 0. The Morgan fingerprint density at radius 1 is 1.44 bits per heavy atom. The SMILES string of the molecule is O=C(O)C1(Cc2ccc(I)cc2)CCCS1. The Kier molecular flexibility index (Phi) is 3.79. The predicted octanol–water partition coefficient (Wildman–Crippen LogP) is 3.18. The highest BCUT2D eigenvalue weighted by atomic mass is 127. The second-order valence-corrected chi connectivity index (χ2v) is 6.78. The number of rotatable bonds is 3. The first-order chi connectivity index (χ1) is 7.62. The quantitative estimate of drug-likeness (QED) is 0.853. The zero-order chi connectivity index (χ0) is 11.6. The minimum absolute atomic E-state index is 0.577. The van der Waals surface area contributed by atoms with Gasteiger partial charge in [-0.2, -0.15) is 0 Å². The zero-order valence-corrected chi connectivity index (χ0v) is 11.8. The molecule has 2 rings (SSSR count). The van der Waals surface area contributed by atoms with Gasteiger partial charge in [-0.25, -0.2) is 0 Å². The summed E-state index contributed by atoms with van der Waals surface area (Å²) in [5, 5.41) is 9.36. The number of carboxylic acid groups (broad SMARTS) is 1. The van der Waals surface area contributed by atoms with Gasteiger partial charge in [0.15, 0.2) is 0 Å². The van der Waals surface area contributed by atoms with Crippen LogP contribution in [0.4, 0.5) is 0 Å². The van der Waals surface area contributed by atoms with Gasteiger partial charge in [0.25, 0.3) is 0 Å². The standard InChI is InChI=1S/C12H13IO2S/c13-10-4-2-9(3-5-10)8-12(11(14)15)6-1-7-16-12/h2-5H,1,6-8H2,(H,14,15). The third-order valence-corrected chi connectivity index (χ3v) is 5.18. The molecule has 1 aliphatic rings. The van der Waals surface area contributed by atoms with Crippen LogP contribution in [0.5, 0.6) is 0 Å². The molecule has 1 heterocycles. The van der Waals surface area contributed by atoms with E-state index in [1.165, 1.54) is 3.57 Å². The lowest BCUT2D eigenvalue weighted by Crippen LogP contribution is -2.34. The summed E-state index contributed by atoms with van der Waals surface area (Å²) in [6.07, 6.45) is 2.45. The summed E-state index contributed by atoms with van der Waals surface area (Å²) in [7, 11) is 0. The van der Waals surface area contributed by atoms with E-state index < -0.39 is 10.7 Å². The molecule has 1 atom stereocenters. The van der Waals surface area contributed by atoms with Crippen molar-refractivity contribution in [1.29, 1.82) is 0 Å². The fourth-order valence-corrected chi connectivity index (χ4v) is 3.73. The van der Waals surface area contributed by atoms with E-state index in [9.17, 15) is 9.90 Å². The van der Waals surface area contributed by atoms with Crippen molar-refractivity contribution >= 4 is 40.3 Å². The van der Waals surface area contributed by atoms with Crippen LogP contribution in [0.15, 0.2) is 24.3 Å². The van der Waals surface area contributed by atoms with Gasteiger partial charge in [-0.15, -0.1) is 11.8 Å². The number of thioether (sulfide) groups is 1. The molecule has 1 fully saturated rings. The molecular weight excluding hydrogens is 335 g/mol. The summed E-state index contributed by atoms with van der Waals surface area (Å²) < 4.78 is 0.608. The number of aliphatic carboxylic acids is 1. The van der Waals surface area contributed by atoms with E-state index in [1.54, 1.807) is 11.8 Å². The van der Waals surface area contributed by atoms with Crippen molar-refractivity contribution in [2.75, 3.05) is 5.75 Å². The highest BCUT2D eigenvalue weighted by molar-refractivity contribution is 14.1. The first kappa shape index (κ1) is 12.2. The first-order valence-corrected chi connectivity index (χ1v) is 7.31. The number of benzene rings is 1. The zero-order valence-electron chi connectivity index (χ0n) is 8.78. The second-order valence-electron chi connectivity index (χ2n) is 4.05. The van der Waals surface area contributed by atoms with Gasteiger partial charge in [0.1, 0.15) is 4.75 Å². The van der Waals surface area contributed by atoms with Gasteiger partial charge in [0.05, 0.1) is 0 Å². The van der Waals surface area contributed by atoms with E-state index >= 15 is 0 Å². The van der Waals surface area contributed by atoms with Crippen LogP contribution < -0.4 is 0 Å². The fourth-order valence-electron chi connectivity index (χ4n) is 2.01. The van der Waals surface area contributed by atoms with Gasteiger partial charge in [-0.3, -0.25) is 4.79 Å². The molecule has 0 spiro atoms. The van der Waals surface area contributed by atoms with E-state index in [0.29, 0.717) is 6.42 Å². The molecule has 0 amide bonds. The van der Waals surface area contributed by atoms with E-state index in [0.717, 1.165) is 24.2 Å². The number of halogens is 1. The highest BCUT2D eigenvalue weighted by Crippen LogP contribution is 2.41. The van der Waals surface area contributed by atoms with Gasteiger partial charge in [0.2, 0.25) is 0 Å². The number of hydrogen-bond acceptors (Lipinski definition) is 2. The average Bonchev–Trinajstić information content (AvgIpc) is 2.71. The van der Waals surface area contributed by atoms with Crippen LogP contribution in [0.2, 0.25) is 0 Å². The second kappa shape index (κ2) is 4.96. The largest absolute Gasteiger partial charge is 0.480 e. The molecule has 1 unspecified atom stereocenters. The molecule has 16 heavy (non-hydrogen) atoms. The molecule has 0 bridgehead atoms. The van der Waals surface area contributed by atoms with Crippen molar-refractivity contribution in [2.24, 2.45) is 0 Å². The van der Waals surface area contributed by atoms with Crippen molar-refractivity contribution in [2.45, 2.75) is 24.0 Å². The summed E-state index contributed by atoms with van der Waals surface area (Å²) in [5.41, 5.74) is 1.12. The molecule has 1 aliphatic heterocycles. The molecular formula is C12H13IO2S. The van der Waals surface area contributed by atoms with Gasteiger partial charge in [-0.05, 0) is 65.3 Å². The lowest BCUT2D eigenvalue weighted by atomic mass is 9.94. The maximum atomic E-state index is 11.4. The van der Waals surface area contributed by atoms with Gasteiger partial charge < -0.3 is 5.11 Å². The van der Waals surface area contributed by atoms with Crippen LogP contribution in [0.3, 0.4) is 0 Å². The van der Waals surface area contributed by atoms with Crippen LogP contribution in [-0.2, 0) is 11.2 Å². The minimum atomic E-state index is -0.659. The third-order valence-electron chi connectivity index (χ3n) is 2.90. The van der Waals surface area contributed by atoms with Crippen molar-refractivity contribution in [1.82, 2.24) is 0 Å². The Morgan fingerprint density at radius 3 is 2.62 bits per heavy atom. The number of carboxylic acids is 1. The van der Waals surface area contributed by atoms with Crippen LogP contribution in [-0.4, -0.2) is 21.6 Å². The molecule has 2 nitrogen and oxygen atoms in total. The molecule has 0 aliphatic carbocycles. The smallest absolute Gasteiger partial charge is 0.320 e. The summed E-state index contributed by atoms with van der Waals surface area (Å²) in [6, 6.07) is 8.13. The maximum Gasteiger partial charge on any atom is 0.320 e. The Bertz CT molecular complexity index is 383. The monoisotopic (exact) mass is 348 g/mol. The molecule has 0 aromatic heterocycles. The normalized spacial score (nSPS) is 24.6. The van der Waals surface area contributed by atoms with E-state index in [-0.39, 0.29) is 0 Å². The third kappa shape index (κ3) is 2.53. The van der Waals surface area contributed by atoms with E-state index in [4.69, 9.17) is 0 Å². The molecule has 1 aromatic rings. The van der Waals surface area contributed by atoms with Crippen molar-refractivity contribution < 1.29 is 9.90 Å². The van der Waals surface area contributed by atoms with Crippen LogP contribution in [0.1, 0.15) is 18.4 Å². The Hall–Kier alpha value is -0.230. The number of carbonyl (C=O) groups is 1. The first-order valence-electron chi connectivity index (χ1n) is 5.24.